The van der Waals surface area contributed by atoms with E-state index < -0.39 is 0 Å². The molecule has 1 aliphatic heterocycles. The zero-order valence-corrected chi connectivity index (χ0v) is 18.0. The van der Waals surface area contributed by atoms with Crippen molar-refractivity contribution in [1.29, 1.82) is 5.26 Å². The van der Waals surface area contributed by atoms with Crippen LogP contribution in [0.1, 0.15) is 42.5 Å². The minimum atomic E-state index is -0.125. The summed E-state index contributed by atoms with van der Waals surface area (Å²) < 4.78 is 2.85. The van der Waals surface area contributed by atoms with Crippen molar-refractivity contribution in [3.05, 3.63) is 47.2 Å². The van der Waals surface area contributed by atoms with Crippen molar-refractivity contribution in [1.82, 2.24) is 9.47 Å². The third-order valence-corrected chi connectivity index (χ3v) is 7.07. The molecule has 1 aliphatic carbocycles. The molecule has 29 heavy (non-hydrogen) atoms. The standard InChI is InChI=1S/C22H24N4OS2/c23-14-18-17-10-4-5-11-19(17)26(16-8-2-1-3-9-16)21(18)24-20(27)15-29-22(28)25-12-6-7-13-25/h1-3,8-9H,4-7,10-13,15H2,(H,24,27). The first-order valence-corrected chi connectivity index (χ1v) is 11.5. The zero-order chi connectivity index (χ0) is 20.2. The number of anilines is 1. The first-order valence-electron chi connectivity index (χ1n) is 10.1. The van der Waals surface area contributed by atoms with Crippen LogP contribution in [-0.2, 0) is 17.6 Å². The van der Waals surface area contributed by atoms with Crippen LogP contribution in [0, 0.1) is 11.3 Å². The number of benzene rings is 1. The molecule has 2 aromatic rings. The van der Waals surface area contributed by atoms with Crippen LogP contribution in [-0.4, -0.2) is 38.5 Å². The molecular formula is C22H24N4OS2. The number of nitrogens with zero attached hydrogens (tertiary/aromatic N) is 3. The van der Waals surface area contributed by atoms with Gasteiger partial charge in [-0.05, 0) is 56.2 Å². The van der Waals surface area contributed by atoms with Gasteiger partial charge in [0.05, 0.1) is 11.3 Å². The van der Waals surface area contributed by atoms with E-state index in [0.29, 0.717) is 11.4 Å². The number of nitrogens with one attached hydrogen (secondary N) is 1. The van der Waals surface area contributed by atoms with Gasteiger partial charge in [0, 0.05) is 24.5 Å². The Labute approximate surface area is 181 Å². The number of likely N-dealkylation sites (tertiary alicyclic amines) is 1. The first kappa shape index (κ1) is 20.0. The van der Waals surface area contributed by atoms with Gasteiger partial charge in [-0.25, -0.2) is 0 Å². The summed E-state index contributed by atoms with van der Waals surface area (Å²) >= 11 is 6.87. The van der Waals surface area contributed by atoms with Crippen molar-refractivity contribution < 1.29 is 4.79 Å². The molecule has 5 nitrogen and oxygen atoms in total. The molecule has 1 amide bonds. The Morgan fingerprint density at radius 2 is 1.86 bits per heavy atom. The Kier molecular flexibility index (Phi) is 6.22. The lowest BCUT2D eigenvalue weighted by atomic mass is 9.95. The average Bonchev–Trinajstić information content (AvgIpc) is 3.39. The predicted octanol–water partition coefficient (Wildman–Crippen LogP) is 4.28. The van der Waals surface area contributed by atoms with E-state index in [-0.39, 0.29) is 11.7 Å². The van der Waals surface area contributed by atoms with Crippen LogP contribution < -0.4 is 5.32 Å². The van der Waals surface area contributed by atoms with Crippen LogP contribution >= 0.6 is 24.0 Å². The van der Waals surface area contributed by atoms with E-state index in [1.165, 1.54) is 11.8 Å². The Morgan fingerprint density at radius 3 is 2.59 bits per heavy atom. The van der Waals surface area contributed by atoms with Gasteiger partial charge in [0.15, 0.2) is 0 Å². The van der Waals surface area contributed by atoms with Crippen LogP contribution in [0.2, 0.25) is 0 Å². The quantitative estimate of drug-likeness (QED) is 0.743. The molecule has 0 spiro atoms. The van der Waals surface area contributed by atoms with Crippen LogP contribution in [0.4, 0.5) is 5.82 Å². The summed E-state index contributed by atoms with van der Waals surface area (Å²) in [6.07, 6.45) is 6.30. The maximum Gasteiger partial charge on any atom is 0.235 e. The highest BCUT2D eigenvalue weighted by Gasteiger charge is 2.27. The van der Waals surface area contributed by atoms with Gasteiger partial charge < -0.3 is 10.2 Å². The van der Waals surface area contributed by atoms with Crippen LogP contribution in [0.25, 0.3) is 5.69 Å². The lowest BCUT2D eigenvalue weighted by Crippen LogP contribution is -2.25. The maximum absolute atomic E-state index is 12.8. The molecule has 0 radical (unpaired) electrons. The van der Waals surface area contributed by atoms with Crippen molar-refractivity contribution in [3.8, 4) is 11.8 Å². The molecule has 7 heteroatoms. The second kappa shape index (κ2) is 9.02. The van der Waals surface area contributed by atoms with Crippen LogP contribution in [0.3, 0.4) is 0 Å². The average molecular weight is 425 g/mol. The van der Waals surface area contributed by atoms with Crippen LogP contribution in [0.15, 0.2) is 30.3 Å². The molecule has 4 rings (SSSR count). The summed E-state index contributed by atoms with van der Waals surface area (Å²) in [6.45, 7) is 1.96. The first-order chi connectivity index (χ1) is 14.2. The topological polar surface area (TPSA) is 61.1 Å². The number of thiocarbonyl (C=S) groups is 1. The minimum absolute atomic E-state index is 0.125. The number of aromatic nitrogens is 1. The fraction of sp³-hybridized carbons (Fsp3) is 0.409. The van der Waals surface area contributed by atoms with E-state index in [4.69, 9.17) is 12.2 Å². The van der Waals surface area contributed by atoms with E-state index in [1.807, 2.05) is 30.3 Å². The van der Waals surface area contributed by atoms with E-state index in [2.05, 4.69) is 20.9 Å². The molecule has 1 N–H and O–H groups in total. The number of fused-ring (bicyclic) bond motifs is 1. The van der Waals surface area contributed by atoms with Gasteiger partial charge in [-0.3, -0.25) is 9.36 Å². The molecule has 1 fully saturated rings. The lowest BCUT2D eigenvalue weighted by Gasteiger charge is -2.18. The second-order valence-electron chi connectivity index (χ2n) is 7.44. The molecule has 1 aromatic carbocycles. The number of hydrogen-bond donors (Lipinski definition) is 1. The Hall–Kier alpha value is -2.30. The Morgan fingerprint density at radius 1 is 1.14 bits per heavy atom. The largest absolute Gasteiger partial charge is 0.358 e. The highest BCUT2D eigenvalue weighted by molar-refractivity contribution is 8.23. The fourth-order valence-corrected chi connectivity index (χ4v) is 5.23. The van der Waals surface area contributed by atoms with E-state index in [0.717, 1.165) is 72.9 Å². The summed E-state index contributed by atoms with van der Waals surface area (Å²) in [5.41, 5.74) is 3.80. The van der Waals surface area contributed by atoms with E-state index in [9.17, 15) is 10.1 Å². The summed E-state index contributed by atoms with van der Waals surface area (Å²) in [4.78, 5) is 14.9. The molecule has 0 saturated carbocycles. The number of rotatable bonds is 4. The van der Waals surface area contributed by atoms with Crippen molar-refractivity contribution in [2.75, 3.05) is 24.2 Å². The van der Waals surface area contributed by atoms with E-state index >= 15 is 0 Å². The van der Waals surface area contributed by atoms with E-state index in [1.54, 1.807) is 0 Å². The molecule has 1 saturated heterocycles. The molecule has 0 unspecified atom stereocenters. The number of nitriles is 1. The number of thioether (sulfide) groups is 1. The van der Waals surface area contributed by atoms with Crippen molar-refractivity contribution in [3.63, 3.8) is 0 Å². The SMILES string of the molecule is N#Cc1c2c(n(-c3ccccc3)c1NC(=O)CSC(=S)N1CCCC1)CCCC2. The summed E-state index contributed by atoms with van der Waals surface area (Å²) in [5, 5.41) is 12.9. The minimum Gasteiger partial charge on any atom is -0.358 e. The molecule has 2 aliphatic rings. The maximum atomic E-state index is 12.8. The van der Waals surface area contributed by atoms with Gasteiger partial charge in [0.1, 0.15) is 16.2 Å². The predicted molar refractivity (Wildman–Crippen MR) is 122 cm³/mol. The van der Waals surface area contributed by atoms with Gasteiger partial charge in [-0.2, -0.15) is 5.26 Å². The normalized spacial score (nSPS) is 15.6. The van der Waals surface area contributed by atoms with Gasteiger partial charge in [0.2, 0.25) is 5.91 Å². The molecule has 0 atom stereocenters. The summed E-state index contributed by atoms with van der Waals surface area (Å²) in [7, 11) is 0. The number of amides is 1. The van der Waals surface area contributed by atoms with Gasteiger partial charge in [0.25, 0.3) is 0 Å². The highest BCUT2D eigenvalue weighted by Crippen LogP contribution is 2.35. The van der Waals surface area contributed by atoms with Crippen molar-refractivity contribution in [2.24, 2.45) is 0 Å². The van der Waals surface area contributed by atoms with Crippen molar-refractivity contribution >= 4 is 40.0 Å². The lowest BCUT2D eigenvalue weighted by molar-refractivity contribution is -0.113. The second-order valence-corrected chi connectivity index (χ2v) is 9.04. The van der Waals surface area contributed by atoms with Crippen LogP contribution in [0.5, 0.6) is 0 Å². The number of hydrogen-bond acceptors (Lipinski definition) is 4. The number of carbonyl (C=O) groups excluding carboxylic acids is 1. The highest BCUT2D eigenvalue weighted by atomic mass is 32.2. The third-order valence-electron chi connectivity index (χ3n) is 5.55. The summed E-state index contributed by atoms with van der Waals surface area (Å²) in [5.74, 6) is 0.730. The molecule has 1 aromatic heterocycles. The van der Waals surface area contributed by atoms with Gasteiger partial charge in [-0.15, -0.1) is 0 Å². The number of para-hydroxylation sites is 1. The van der Waals surface area contributed by atoms with Gasteiger partial charge in [-0.1, -0.05) is 42.2 Å². The fourth-order valence-electron chi connectivity index (χ4n) is 4.18. The van der Waals surface area contributed by atoms with Crippen molar-refractivity contribution in [2.45, 2.75) is 38.5 Å². The summed E-state index contributed by atoms with van der Waals surface area (Å²) in [6, 6.07) is 12.3. The zero-order valence-electron chi connectivity index (χ0n) is 16.3. The smallest absolute Gasteiger partial charge is 0.235 e. The molecule has 150 valence electrons. The van der Waals surface area contributed by atoms with Gasteiger partial charge >= 0.3 is 0 Å². The molecule has 2 heterocycles. The molecule has 0 bridgehead atoms. The Balaban J connectivity index is 1.59. The Bertz CT molecular complexity index is 955. The monoisotopic (exact) mass is 424 g/mol. The third kappa shape index (κ3) is 4.19. The number of carbonyl (C=O) groups is 1. The molecular weight excluding hydrogens is 400 g/mol.